The maximum absolute atomic E-state index is 14.6. The summed E-state index contributed by atoms with van der Waals surface area (Å²) in [5.74, 6) is -4.56. The zero-order valence-electron chi connectivity index (χ0n) is 56.7. The Morgan fingerprint density at radius 3 is 1.18 bits per heavy atom. The molecule has 27 heteroatoms. The van der Waals surface area contributed by atoms with Gasteiger partial charge in [-0.05, 0) is 141 Å². The van der Waals surface area contributed by atoms with Crippen molar-refractivity contribution in [1.82, 2.24) is 59.8 Å². The van der Waals surface area contributed by atoms with Gasteiger partial charge in [0.2, 0.25) is 35.4 Å². The summed E-state index contributed by atoms with van der Waals surface area (Å²) in [6.07, 6.45) is 7.33. The van der Waals surface area contributed by atoms with Crippen molar-refractivity contribution in [2.45, 2.75) is 168 Å². The highest BCUT2D eigenvalue weighted by Crippen LogP contribution is 2.31. The molecule has 4 aromatic rings. The first-order chi connectivity index (χ1) is 45.0. The van der Waals surface area contributed by atoms with Gasteiger partial charge in [0, 0.05) is 101 Å². The summed E-state index contributed by atoms with van der Waals surface area (Å²) >= 11 is 0. The van der Waals surface area contributed by atoms with Crippen molar-refractivity contribution in [2.24, 2.45) is 11.8 Å². The number of likely N-dealkylation sites (N-methyl/N-ethyl adjacent to an activating group) is 2. The number of hydrogen-bond donors (Lipinski definition) is 4. The number of hydrogen-bond acceptors (Lipinski definition) is 13. The van der Waals surface area contributed by atoms with Crippen LogP contribution in [0.25, 0.3) is 21.8 Å². The molecule has 4 aliphatic rings. The molecule has 0 unspecified atom stereocenters. The SMILES string of the molecule is C[C@@H](C(=O)N[C@H](C(=O)N1CCN(C(=O)c2cc3cc(F)ccc3n2CC(=O)NCCOCCNC(=O)Cn2c(C(=O)N3CCN(C(=O)[C@@H](NC(=O)[C@H](C)N(C)C(=O)OC(C)(C)C)C4CCCCC4)CC3)cc3cc(F)ccc32)CC1)C1CCCCC1)N(C)C(=O)OC(C)(C)C. The number of rotatable bonds is 22. The van der Waals surface area contributed by atoms with Crippen LogP contribution in [-0.2, 0) is 56.1 Å². The van der Waals surface area contributed by atoms with Gasteiger partial charge in [0.05, 0.1) is 13.2 Å². The molecule has 0 spiro atoms. The smallest absolute Gasteiger partial charge is 0.410 e. The monoisotopic (exact) mass is 1330 g/mol. The maximum Gasteiger partial charge on any atom is 0.410 e. The number of halogens is 2. The second-order valence-electron chi connectivity index (χ2n) is 27.5. The van der Waals surface area contributed by atoms with E-state index >= 15 is 0 Å². The van der Waals surface area contributed by atoms with Gasteiger partial charge in [-0.3, -0.25) is 48.2 Å². The average Bonchev–Trinajstić information content (AvgIpc) is 1.65. The number of nitrogens with zero attached hydrogens (tertiary/aromatic N) is 8. The molecule has 2 aromatic heterocycles. The molecule has 4 N–H and O–H groups in total. The van der Waals surface area contributed by atoms with Crippen LogP contribution in [0.2, 0.25) is 0 Å². The van der Waals surface area contributed by atoms with Crippen molar-refractivity contribution in [3.63, 3.8) is 0 Å². The number of benzene rings is 2. The fourth-order valence-electron chi connectivity index (χ4n) is 12.8. The second-order valence-corrected chi connectivity index (χ2v) is 27.5. The van der Waals surface area contributed by atoms with Gasteiger partial charge < -0.3 is 64.2 Å². The number of aromatic nitrogens is 2. The van der Waals surface area contributed by atoms with E-state index in [1.165, 1.54) is 81.6 Å². The summed E-state index contributed by atoms with van der Waals surface area (Å²) < 4.78 is 48.9. The van der Waals surface area contributed by atoms with Crippen LogP contribution in [0.3, 0.4) is 0 Å². The van der Waals surface area contributed by atoms with Crippen LogP contribution in [-0.4, -0.2) is 226 Å². The largest absolute Gasteiger partial charge is 0.444 e. The van der Waals surface area contributed by atoms with E-state index in [0.29, 0.717) is 21.8 Å². The molecule has 4 heterocycles. The average molecular weight is 1330 g/mol. The molecular formula is C68H96F2N12O13. The van der Waals surface area contributed by atoms with Gasteiger partial charge >= 0.3 is 12.2 Å². The standard InChI is InChI=1S/C68H96F2N12O13/c1-43(75(9)65(91)94-67(3,4)5)59(85)73-57(45-17-13-11-14-18-45)63(89)79-31-27-77(28-32-79)61(87)53-39-47-37-49(69)21-23-51(47)81(53)41-55(83)71-25-35-93-36-26-72-56(84)42-82-52-24-22-50(70)38-48(52)40-54(82)62(88)78-29-33-80(34-30-78)64(90)58(46-19-15-12-16-20-46)74-60(86)44(2)76(10)66(92)95-68(6,7)8/h21-24,37-40,43-46,57-58H,11-20,25-36,41-42H2,1-10H3,(H,71,83)(H,72,84)(H,73,85)(H,74,86)/t43-,44-,57-,58-/m0/s1. The molecule has 0 bridgehead atoms. The normalized spacial score (nSPS) is 17.3. The first kappa shape index (κ1) is 72.5. The minimum Gasteiger partial charge on any atom is -0.444 e. The highest BCUT2D eigenvalue weighted by Gasteiger charge is 2.41. The molecule has 2 aliphatic carbocycles. The van der Waals surface area contributed by atoms with E-state index in [1.54, 1.807) is 75.0 Å². The van der Waals surface area contributed by atoms with E-state index in [0.717, 1.165) is 64.2 Å². The summed E-state index contributed by atoms with van der Waals surface area (Å²) in [6.45, 7) is 14.5. The molecule has 4 fully saturated rings. The maximum atomic E-state index is 14.6. The lowest BCUT2D eigenvalue weighted by molar-refractivity contribution is -0.140. The van der Waals surface area contributed by atoms with Crippen molar-refractivity contribution < 1.29 is 70.9 Å². The second kappa shape index (κ2) is 31.9. The van der Waals surface area contributed by atoms with Crippen LogP contribution in [0.1, 0.15) is 141 Å². The Balaban J connectivity index is 0.806. The zero-order chi connectivity index (χ0) is 69.1. The molecule has 2 aliphatic heterocycles. The molecule has 0 radical (unpaired) electrons. The van der Waals surface area contributed by atoms with E-state index in [4.69, 9.17) is 14.2 Å². The Kier molecular flexibility index (Phi) is 24.3. The van der Waals surface area contributed by atoms with E-state index < -0.39 is 94.6 Å². The lowest BCUT2D eigenvalue weighted by Crippen LogP contribution is -2.60. The minimum atomic E-state index is -0.930. The van der Waals surface area contributed by atoms with Crippen molar-refractivity contribution in [2.75, 3.05) is 92.8 Å². The first-order valence-corrected chi connectivity index (χ1v) is 33.4. The number of nitrogens with one attached hydrogen (secondary N) is 4. The number of amides is 10. The van der Waals surface area contributed by atoms with E-state index in [2.05, 4.69) is 21.3 Å². The topological polar surface area (TPSA) is 276 Å². The minimum absolute atomic E-state index is 0.0509. The molecule has 8 rings (SSSR count). The number of ether oxygens (including phenoxy) is 3. The van der Waals surface area contributed by atoms with Gasteiger partial charge in [-0.1, -0.05) is 38.5 Å². The third-order valence-corrected chi connectivity index (χ3v) is 18.3. The van der Waals surface area contributed by atoms with Gasteiger partial charge in [0.1, 0.15) is 71.5 Å². The summed E-state index contributed by atoms with van der Waals surface area (Å²) in [4.78, 5) is 146. The lowest BCUT2D eigenvalue weighted by Gasteiger charge is -2.39. The summed E-state index contributed by atoms with van der Waals surface area (Å²) in [5.41, 5.74) is -0.348. The first-order valence-electron chi connectivity index (χ1n) is 33.4. The molecule has 95 heavy (non-hydrogen) atoms. The van der Waals surface area contributed by atoms with Crippen LogP contribution in [0.15, 0.2) is 48.5 Å². The predicted molar refractivity (Wildman–Crippen MR) is 350 cm³/mol. The third kappa shape index (κ3) is 19.0. The van der Waals surface area contributed by atoms with Crippen molar-refractivity contribution in [3.8, 4) is 0 Å². The summed E-state index contributed by atoms with van der Waals surface area (Å²) in [5, 5.41) is 12.3. The van der Waals surface area contributed by atoms with Gasteiger partial charge in [0.15, 0.2) is 0 Å². The zero-order valence-corrected chi connectivity index (χ0v) is 56.7. The highest BCUT2D eigenvalue weighted by molar-refractivity contribution is 6.01. The molecule has 2 saturated carbocycles. The lowest BCUT2D eigenvalue weighted by atomic mass is 9.83. The quantitative estimate of drug-likeness (QED) is 0.0655. The molecule has 520 valence electrons. The fraction of sp³-hybridized carbons (Fsp3) is 0.618. The van der Waals surface area contributed by atoms with Gasteiger partial charge in [-0.2, -0.15) is 0 Å². The Bertz CT molecular complexity index is 3220. The molecule has 2 saturated heterocycles. The van der Waals surface area contributed by atoms with Gasteiger partial charge in [-0.25, -0.2) is 18.4 Å². The molecule has 4 atom stereocenters. The molecule has 25 nitrogen and oxygen atoms in total. The van der Waals surface area contributed by atoms with E-state index in [-0.39, 0.29) is 127 Å². The van der Waals surface area contributed by atoms with E-state index in [9.17, 15) is 56.7 Å². The number of piperazine rings is 2. The highest BCUT2D eigenvalue weighted by atomic mass is 19.1. The number of fused-ring (bicyclic) bond motifs is 2. The van der Waals surface area contributed by atoms with Crippen LogP contribution in [0, 0.1) is 23.5 Å². The molecule has 2 aromatic carbocycles. The van der Waals surface area contributed by atoms with E-state index in [1.807, 2.05) is 0 Å². The van der Waals surface area contributed by atoms with Crippen LogP contribution in [0.5, 0.6) is 0 Å². The molecular weight excluding hydrogens is 1230 g/mol. The van der Waals surface area contributed by atoms with Gasteiger partial charge in [0.25, 0.3) is 11.8 Å². The van der Waals surface area contributed by atoms with Crippen LogP contribution >= 0.6 is 0 Å². The van der Waals surface area contributed by atoms with Gasteiger partial charge in [-0.15, -0.1) is 0 Å². The van der Waals surface area contributed by atoms with Crippen molar-refractivity contribution in [1.29, 1.82) is 0 Å². The van der Waals surface area contributed by atoms with Crippen molar-refractivity contribution in [3.05, 3.63) is 71.6 Å². The summed E-state index contributed by atoms with van der Waals surface area (Å²) in [6, 6.07) is 7.58. The van der Waals surface area contributed by atoms with Crippen molar-refractivity contribution >= 4 is 81.2 Å². The molecule has 10 amide bonds. The predicted octanol–water partition coefficient (Wildman–Crippen LogP) is 6.03. The Hall–Kier alpha value is -8.36. The Morgan fingerprint density at radius 1 is 0.505 bits per heavy atom. The van der Waals surface area contributed by atoms with Crippen LogP contribution < -0.4 is 21.3 Å². The fourth-order valence-corrected chi connectivity index (χ4v) is 12.8. The third-order valence-electron chi connectivity index (χ3n) is 18.3. The Morgan fingerprint density at radius 2 is 0.842 bits per heavy atom. The number of carbonyl (C=O) groups excluding carboxylic acids is 10. The Labute approximate surface area is 554 Å². The number of carbonyl (C=O) groups is 10. The van der Waals surface area contributed by atoms with Crippen LogP contribution in [0.4, 0.5) is 18.4 Å². The summed E-state index contributed by atoms with van der Waals surface area (Å²) in [7, 11) is 2.95.